The van der Waals surface area contributed by atoms with Crippen LogP contribution < -0.4 is 0 Å². The summed E-state index contributed by atoms with van der Waals surface area (Å²) in [6.07, 6.45) is 0. The maximum atomic E-state index is 5.47. The molecule has 0 saturated heterocycles. The van der Waals surface area contributed by atoms with Crippen molar-refractivity contribution in [1.82, 2.24) is 15.0 Å². The third-order valence-corrected chi connectivity index (χ3v) is 12.0. The minimum absolute atomic E-state index is 0.637. The molecule has 0 N–H and O–H groups in total. The smallest absolute Gasteiger partial charge is 0.165 e. The van der Waals surface area contributed by atoms with Gasteiger partial charge in [0, 0.05) is 36.9 Å². The summed E-state index contributed by atoms with van der Waals surface area (Å²) in [5.74, 6) is 1.94. The van der Waals surface area contributed by atoms with Gasteiger partial charge in [0.2, 0.25) is 0 Å². The van der Waals surface area contributed by atoms with Crippen LogP contribution in [0.3, 0.4) is 0 Å². The zero-order valence-electron chi connectivity index (χ0n) is 29.6. The Balaban J connectivity index is 1.24. The molecule has 0 bridgehead atoms. The van der Waals surface area contributed by atoms with E-state index in [1.165, 1.54) is 41.7 Å². The van der Waals surface area contributed by atoms with Crippen molar-refractivity contribution in [1.29, 1.82) is 0 Å². The van der Waals surface area contributed by atoms with Crippen molar-refractivity contribution in [2.45, 2.75) is 0 Å². The fraction of sp³-hybridized carbons (Fsp3) is 0. The summed E-state index contributed by atoms with van der Waals surface area (Å²) < 4.78 is 2.41. The van der Waals surface area contributed by atoms with Gasteiger partial charge in [-0.1, -0.05) is 170 Å². The van der Waals surface area contributed by atoms with E-state index in [9.17, 15) is 0 Å². The number of hydrogen-bond acceptors (Lipinski definition) is 4. The van der Waals surface area contributed by atoms with Crippen LogP contribution in [0.4, 0.5) is 0 Å². The molecule has 256 valence electrons. The van der Waals surface area contributed by atoms with Crippen LogP contribution in [0.2, 0.25) is 0 Å². The van der Waals surface area contributed by atoms with Gasteiger partial charge >= 0.3 is 0 Å². The summed E-state index contributed by atoms with van der Waals surface area (Å²) in [4.78, 5) is 16.3. The first-order valence-electron chi connectivity index (χ1n) is 18.5. The molecule has 9 aromatic carbocycles. The predicted molar refractivity (Wildman–Crippen MR) is 232 cm³/mol. The van der Waals surface area contributed by atoms with Gasteiger partial charge in [-0.15, -0.1) is 11.3 Å². The Kier molecular flexibility index (Phi) is 7.35. The van der Waals surface area contributed by atoms with Crippen LogP contribution in [0.5, 0.6) is 0 Å². The molecule has 3 nitrogen and oxygen atoms in total. The van der Waals surface area contributed by atoms with E-state index in [4.69, 9.17) is 15.0 Å². The van der Waals surface area contributed by atoms with E-state index >= 15 is 0 Å². The molecule has 0 fully saturated rings. The van der Waals surface area contributed by atoms with Gasteiger partial charge in [0.05, 0.1) is 0 Å². The first-order valence-corrected chi connectivity index (χ1v) is 19.3. The summed E-state index contributed by atoms with van der Waals surface area (Å²) in [6, 6.07) is 66.8. The van der Waals surface area contributed by atoms with Crippen molar-refractivity contribution in [2.75, 3.05) is 0 Å². The fourth-order valence-electron chi connectivity index (χ4n) is 8.21. The van der Waals surface area contributed by atoms with Crippen LogP contribution in [0.1, 0.15) is 0 Å². The fourth-order valence-corrected chi connectivity index (χ4v) is 9.42. The summed E-state index contributed by atoms with van der Waals surface area (Å²) >= 11 is 1.79. The number of aromatic nitrogens is 3. The van der Waals surface area contributed by atoms with Crippen molar-refractivity contribution in [2.24, 2.45) is 0 Å². The molecule has 2 heterocycles. The molecule has 0 aliphatic rings. The van der Waals surface area contributed by atoms with Crippen molar-refractivity contribution >= 4 is 63.8 Å². The Bertz CT molecular complexity index is 3270. The van der Waals surface area contributed by atoms with Crippen molar-refractivity contribution in [3.8, 4) is 56.4 Å². The third kappa shape index (κ3) is 5.22. The molecule has 0 radical (unpaired) electrons. The number of benzene rings is 9. The Morgan fingerprint density at radius 1 is 0.309 bits per heavy atom. The number of fused-ring (bicyclic) bond motifs is 7. The summed E-state index contributed by atoms with van der Waals surface area (Å²) in [5, 5.41) is 9.54. The molecule has 0 saturated carbocycles. The molecule has 2 aromatic heterocycles. The van der Waals surface area contributed by atoms with E-state index in [0.29, 0.717) is 17.5 Å². The van der Waals surface area contributed by atoms with Gasteiger partial charge in [-0.05, 0) is 72.8 Å². The Morgan fingerprint density at radius 2 is 0.891 bits per heavy atom. The molecular formula is C51H31N3S. The van der Waals surface area contributed by atoms with Crippen molar-refractivity contribution in [3.63, 3.8) is 0 Å². The van der Waals surface area contributed by atoms with Crippen LogP contribution in [0.15, 0.2) is 188 Å². The second-order valence-corrected chi connectivity index (χ2v) is 15.0. The minimum atomic E-state index is 0.637. The Morgan fingerprint density at radius 3 is 1.73 bits per heavy atom. The SMILES string of the molecule is c1ccc(-c2ccc3ccccc3c2-c2nc(-c3ccccc3-c3cc4ccccc4c4ccccc34)nc(-c3cccc4c3sc3ccccc34)n2)cc1. The molecule has 0 atom stereocenters. The zero-order chi connectivity index (χ0) is 36.3. The predicted octanol–water partition coefficient (Wildman–Crippen LogP) is 14.0. The first-order chi connectivity index (χ1) is 27.3. The average molecular weight is 718 g/mol. The lowest BCUT2D eigenvalue weighted by molar-refractivity contribution is 1.08. The largest absolute Gasteiger partial charge is 0.208 e. The maximum absolute atomic E-state index is 5.47. The monoisotopic (exact) mass is 717 g/mol. The second-order valence-electron chi connectivity index (χ2n) is 13.9. The van der Waals surface area contributed by atoms with E-state index in [2.05, 4.69) is 188 Å². The van der Waals surface area contributed by atoms with Crippen LogP contribution in [-0.2, 0) is 0 Å². The van der Waals surface area contributed by atoms with Crippen LogP contribution in [0.25, 0.3) is 109 Å². The second kappa shape index (κ2) is 12.8. The van der Waals surface area contributed by atoms with E-state index in [1.807, 2.05) is 0 Å². The lowest BCUT2D eigenvalue weighted by Crippen LogP contribution is -2.02. The third-order valence-electron chi connectivity index (χ3n) is 10.7. The van der Waals surface area contributed by atoms with E-state index in [1.54, 1.807) is 11.3 Å². The highest BCUT2D eigenvalue weighted by Crippen LogP contribution is 2.43. The Labute approximate surface area is 321 Å². The standard InChI is InChI=1S/C51H31N3S/c1-2-15-32(16-3-1)37-30-29-33-17-4-7-20-36(33)47(37)51-53-49(52-50(54-51)44-27-14-26-42-41-24-12-13-28-46(41)55-48(42)44)43-25-11-10-23-40(43)45-31-34-18-5-6-19-35(34)38-21-8-9-22-39(38)45/h1-31H. The van der Waals surface area contributed by atoms with Crippen molar-refractivity contribution < 1.29 is 0 Å². The molecule has 0 unspecified atom stereocenters. The quantitative estimate of drug-likeness (QED) is 0.166. The Hall–Kier alpha value is -7.01. The molecule has 11 aromatic rings. The topological polar surface area (TPSA) is 38.7 Å². The van der Waals surface area contributed by atoms with Crippen molar-refractivity contribution in [3.05, 3.63) is 188 Å². The van der Waals surface area contributed by atoms with Gasteiger partial charge in [-0.3, -0.25) is 0 Å². The summed E-state index contributed by atoms with van der Waals surface area (Å²) in [6.45, 7) is 0. The van der Waals surface area contributed by atoms with Gasteiger partial charge in [-0.25, -0.2) is 15.0 Å². The molecule has 55 heavy (non-hydrogen) atoms. The summed E-state index contributed by atoms with van der Waals surface area (Å²) in [7, 11) is 0. The van der Waals surface area contributed by atoms with Crippen LogP contribution >= 0.6 is 11.3 Å². The highest BCUT2D eigenvalue weighted by atomic mass is 32.1. The lowest BCUT2D eigenvalue weighted by Gasteiger charge is -2.17. The van der Waals surface area contributed by atoms with Gasteiger partial charge in [0.15, 0.2) is 17.5 Å². The van der Waals surface area contributed by atoms with Gasteiger partial charge in [0.25, 0.3) is 0 Å². The highest BCUT2D eigenvalue weighted by molar-refractivity contribution is 7.26. The van der Waals surface area contributed by atoms with Gasteiger partial charge in [-0.2, -0.15) is 0 Å². The number of hydrogen-bond donors (Lipinski definition) is 0. The minimum Gasteiger partial charge on any atom is -0.208 e. The van der Waals surface area contributed by atoms with Gasteiger partial charge in [0.1, 0.15) is 0 Å². The normalized spacial score (nSPS) is 11.6. The van der Waals surface area contributed by atoms with E-state index in [0.717, 1.165) is 49.7 Å². The average Bonchev–Trinajstić information content (AvgIpc) is 3.65. The van der Waals surface area contributed by atoms with E-state index in [-0.39, 0.29) is 0 Å². The summed E-state index contributed by atoms with van der Waals surface area (Å²) in [5.41, 5.74) is 7.37. The molecule has 0 amide bonds. The molecule has 4 heteroatoms. The van der Waals surface area contributed by atoms with Crippen LogP contribution in [-0.4, -0.2) is 15.0 Å². The van der Waals surface area contributed by atoms with Crippen LogP contribution in [0, 0.1) is 0 Å². The van der Waals surface area contributed by atoms with E-state index < -0.39 is 0 Å². The molecule has 0 aliphatic heterocycles. The maximum Gasteiger partial charge on any atom is 0.165 e. The first kappa shape index (κ1) is 31.5. The molecule has 0 spiro atoms. The molecular weight excluding hydrogens is 687 g/mol. The zero-order valence-corrected chi connectivity index (χ0v) is 30.5. The number of nitrogens with zero attached hydrogens (tertiary/aromatic N) is 3. The highest BCUT2D eigenvalue weighted by Gasteiger charge is 2.22. The lowest BCUT2D eigenvalue weighted by atomic mass is 9.90. The number of rotatable bonds is 5. The van der Waals surface area contributed by atoms with Gasteiger partial charge < -0.3 is 0 Å². The molecule has 11 rings (SSSR count). The molecule has 0 aliphatic carbocycles. The number of thiophene rings is 1.